The lowest BCUT2D eigenvalue weighted by Gasteiger charge is -2.28. The van der Waals surface area contributed by atoms with Crippen LogP contribution in [0.5, 0.6) is 0 Å². The first-order valence-corrected chi connectivity index (χ1v) is 12.5. The average molecular weight is 526 g/mol. The summed E-state index contributed by atoms with van der Waals surface area (Å²) >= 11 is 0. The SMILES string of the molecule is Cc1c(-c2ccccn2)nc2cc(F)cc(F)c2c1Nc1cc(N2CCOCC2)ncc1-c1ccc(N)nc1. The summed E-state index contributed by atoms with van der Waals surface area (Å²) in [6.07, 6.45) is 5.08. The predicted octanol–water partition coefficient (Wildman–Crippen LogP) is 5.50. The number of morpholine rings is 1. The number of halogens is 2. The number of nitrogens with zero attached hydrogens (tertiary/aromatic N) is 5. The zero-order valence-corrected chi connectivity index (χ0v) is 21.2. The van der Waals surface area contributed by atoms with Gasteiger partial charge in [0.25, 0.3) is 0 Å². The second-order valence-corrected chi connectivity index (χ2v) is 9.24. The number of anilines is 4. The first-order chi connectivity index (χ1) is 19.0. The number of nitrogens with two attached hydrogens (primary N) is 1. The number of nitrogen functional groups attached to an aromatic ring is 1. The van der Waals surface area contributed by atoms with Crippen molar-refractivity contribution in [1.29, 1.82) is 0 Å². The van der Waals surface area contributed by atoms with Gasteiger partial charge in [-0.3, -0.25) is 4.98 Å². The molecule has 0 unspecified atom stereocenters. The van der Waals surface area contributed by atoms with E-state index in [-0.39, 0.29) is 10.9 Å². The van der Waals surface area contributed by atoms with E-state index in [1.165, 1.54) is 6.07 Å². The fourth-order valence-electron chi connectivity index (χ4n) is 4.76. The molecule has 0 amide bonds. The molecule has 5 aromatic rings. The number of nitrogens with one attached hydrogen (secondary N) is 1. The van der Waals surface area contributed by atoms with Crippen molar-refractivity contribution < 1.29 is 13.5 Å². The number of benzene rings is 1. The molecule has 1 aromatic carbocycles. The summed E-state index contributed by atoms with van der Waals surface area (Å²) in [5.41, 5.74) is 10.4. The molecule has 1 aliphatic rings. The van der Waals surface area contributed by atoms with E-state index in [0.29, 0.717) is 60.4 Å². The Morgan fingerprint density at radius 2 is 1.82 bits per heavy atom. The van der Waals surface area contributed by atoms with E-state index in [9.17, 15) is 4.39 Å². The Kier molecular flexibility index (Phi) is 6.45. The van der Waals surface area contributed by atoms with E-state index < -0.39 is 11.6 Å². The zero-order valence-electron chi connectivity index (χ0n) is 21.2. The summed E-state index contributed by atoms with van der Waals surface area (Å²) in [7, 11) is 0. The molecule has 0 radical (unpaired) electrons. The Bertz CT molecular complexity index is 1660. The van der Waals surface area contributed by atoms with Gasteiger partial charge in [0.05, 0.1) is 46.9 Å². The molecule has 1 saturated heterocycles. The van der Waals surface area contributed by atoms with Crippen molar-refractivity contribution in [3.8, 4) is 22.5 Å². The topological polar surface area (TPSA) is 102 Å². The van der Waals surface area contributed by atoms with Gasteiger partial charge in [0.1, 0.15) is 23.3 Å². The molecule has 196 valence electrons. The lowest BCUT2D eigenvalue weighted by molar-refractivity contribution is 0.122. The highest BCUT2D eigenvalue weighted by molar-refractivity contribution is 5.99. The zero-order chi connectivity index (χ0) is 26.9. The second-order valence-electron chi connectivity index (χ2n) is 9.24. The molecule has 39 heavy (non-hydrogen) atoms. The van der Waals surface area contributed by atoms with E-state index >= 15 is 4.39 Å². The lowest BCUT2D eigenvalue weighted by atomic mass is 10.0. The van der Waals surface area contributed by atoms with E-state index in [0.717, 1.165) is 23.0 Å². The van der Waals surface area contributed by atoms with E-state index in [1.807, 2.05) is 31.2 Å². The minimum absolute atomic E-state index is 0.180. The third kappa shape index (κ3) is 4.82. The molecule has 4 aromatic heterocycles. The van der Waals surface area contributed by atoms with Crippen molar-refractivity contribution in [2.45, 2.75) is 6.92 Å². The maximum atomic E-state index is 15.4. The van der Waals surface area contributed by atoms with Crippen LogP contribution in [0.3, 0.4) is 0 Å². The van der Waals surface area contributed by atoms with E-state index in [4.69, 9.17) is 15.5 Å². The molecule has 0 atom stereocenters. The molecule has 10 heteroatoms. The molecular formula is C29H25F2N7O. The molecule has 8 nitrogen and oxygen atoms in total. The predicted molar refractivity (Wildman–Crippen MR) is 148 cm³/mol. The van der Waals surface area contributed by atoms with Crippen molar-refractivity contribution in [1.82, 2.24) is 19.9 Å². The minimum atomic E-state index is -0.714. The van der Waals surface area contributed by atoms with Gasteiger partial charge in [-0.2, -0.15) is 0 Å². The van der Waals surface area contributed by atoms with Crippen LogP contribution in [-0.4, -0.2) is 46.2 Å². The van der Waals surface area contributed by atoms with Crippen molar-refractivity contribution in [3.05, 3.63) is 84.3 Å². The van der Waals surface area contributed by atoms with Crippen molar-refractivity contribution in [2.24, 2.45) is 0 Å². The van der Waals surface area contributed by atoms with Crippen LogP contribution in [0.4, 0.5) is 31.8 Å². The smallest absolute Gasteiger partial charge is 0.137 e. The van der Waals surface area contributed by atoms with Crippen LogP contribution in [0.15, 0.2) is 67.1 Å². The Balaban J connectivity index is 1.56. The van der Waals surface area contributed by atoms with Gasteiger partial charge in [-0.15, -0.1) is 0 Å². The molecule has 0 bridgehead atoms. The van der Waals surface area contributed by atoms with Crippen LogP contribution in [0.2, 0.25) is 0 Å². The monoisotopic (exact) mass is 525 g/mol. The van der Waals surface area contributed by atoms with Gasteiger partial charge in [-0.25, -0.2) is 23.7 Å². The Morgan fingerprint density at radius 1 is 0.974 bits per heavy atom. The fourth-order valence-corrected chi connectivity index (χ4v) is 4.76. The lowest BCUT2D eigenvalue weighted by Crippen LogP contribution is -2.36. The van der Waals surface area contributed by atoms with Gasteiger partial charge in [0.2, 0.25) is 0 Å². The maximum Gasteiger partial charge on any atom is 0.137 e. The summed E-state index contributed by atoms with van der Waals surface area (Å²) < 4.78 is 35.2. The van der Waals surface area contributed by atoms with E-state index in [1.54, 1.807) is 30.7 Å². The molecule has 3 N–H and O–H groups in total. The number of ether oxygens (including phenoxy) is 1. The van der Waals surface area contributed by atoms with Gasteiger partial charge in [-0.1, -0.05) is 6.07 Å². The number of rotatable bonds is 5. The molecular weight excluding hydrogens is 500 g/mol. The average Bonchev–Trinajstić information content (AvgIpc) is 2.95. The molecule has 1 fully saturated rings. The van der Waals surface area contributed by atoms with Crippen LogP contribution in [-0.2, 0) is 4.74 Å². The molecule has 6 rings (SSSR count). The highest BCUT2D eigenvalue weighted by atomic mass is 19.1. The molecule has 0 aliphatic carbocycles. The van der Waals surface area contributed by atoms with Crippen molar-refractivity contribution >= 4 is 33.9 Å². The quantitative estimate of drug-likeness (QED) is 0.310. The summed E-state index contributed by atoms with van der Waals surface area (Å²) in [6.45, 7) is 4.45. The standard InChI is InChI=1S/C29H25F2N7O/c1-17-28(22-4-2-3-7-33-22)37-24-13-19(30)12-21(31)27(24)29(17)36-23-14-26(38-8-10-39-11-9-38)35-16-20(23)18-5-6-25(32)34-15-18/h2-7,12-16H,8-11H2,1H3,(H2,32,34)(H,35,36,37). The molecule has 1 aliphatic heterocycles. The Hall–Kier alpha value is -4.70. The van der Waals surface area contributed by atoms with Gasteiger partial charge >= 0.3 is 0 Å². The minimum Gasteiger partial charge on any atom is -0.384 e. The summed E-state index contributed by atoms with van der Waals surface area (Å²) in [4.78, 5) is 20.1. The molecule has 0 spiro atoms. The molecule has 0 saturated carbocycles. The highest BCUT2D eigenvalue weighted by Gasteiger charge is 2.21. The van der Waals surface area contributed by atoms with Crippen molar-refractivity contribution in [3.63, 3.8) is 0 Å². The van der Waals surface area contributed by atoms with Gasteiger partial charge in [0.15, 0.2) is 0 Å². The van der Waals surface area contributed by atoms with Crippen LogP contribution < -0.4 is 16.0 Å². The van der Waals surface area contributed by atoms with Crippen LogP contribution in [0, 0.1) is 18.6 Å². The first-order valence-electron chi connectivity index (χ1n) is 12.5. The highest BCUT2D eigenvalue weighted by Crippen LogP contribution is 2.39. The van der Waals surface area contributed by atoms with Crippen LogP contribution >= 0.6 is 0 Å². The first kappa shape index (κ1) is 24.6. The van der Waals surface area contributed by atoms with Gasteiger partial charge < -0.3 is 20.7 Å². The normalized spacial score (nSPS) is 13.6. The second kappa shape index (κ2) is 10.2. The Morgan fingerprint density at radius 3 is 2.56 bits per heavy atom. The fraction of sp³-hybridized carbons (Fsp3) is 0.172. The third-order valence-electron chi connectivity index (χ3n) is 6.74. The summed E-state index contributed by atoms with van der Waals surface area (Å²) in [6, 6.07) is 13.0. The largest absolute Gasteiger partial charge is 0.384 e. The van der Waals surface area contributed by atoms with Gasteiger partial charge in [-0.05, 0) is 31.2 Å². The third-order valence-corrected chi connectivity index (χ3v) is 6.74. The van der Waals surface area contributed by atoms with E-state index in [2.05, 4.69) is 25.2 Å². The molecule has 5 heterocycles. The Labute approximate surface area is 223 Å². The van der Waals surface area contributed by atoms with Crippen molar-refractivity contribution in [2.75, 3.05) is 42.3 Å². The summed E-state index contributed by atoms with van der Waals surface area (Å²) in [5.74, 6) is -0.276. The van der Waals surface area contributed by atoms with Crippen LogP contribution in [0.25, 0.3) is 33.4 Å². The number of pyridine rings is 4. The summed E-state index contributed by atoms with van der Waals surface area (Å²) in [5, 5.41) is 3.64. The number of hydrogen-bond donors (Lipinski definition) is 2. The number of aromatic nitrogens is 4. The van der Waals surface area contributed by atoms with Gasteiger partial charge in [0, 0.05) is 66.6 Å². The van der Waals surface area contributed by atoms with Crippen LogP contribution in [0.1, 0.15) is 5.56 Å². The number of hydrogen-bond acceptors (Lipinski definition) is 8. The maximum absolute atomic E-state index is 15.4. The number of fused-ring (bicyclic) bond motifs is 1.